The normalized spacial score (nSPS) is 18.2. The van der Waals surface area contributed by atoms with Crippen LogP contribution in [0.25, 0.3) is 10.9 Å². The standard InChI is InChI=1S/C16H20N2O2/c1-2-4-12(3-1)17-6-5-11-9-18-14-8-16-15(7-13(11)14)19-10-20-16/h7-9,12,17-18H,1-6,10H2. The minimum absolute atomic E-state index is 0.334. The monoisotopic (exact) mass is 272 g/mol. The Kier molecular flexibility index (Phi) is 3.03. The minimum Gasteiger partial charge on any atom is -0.454 e. The van der Waals surface area contributed by atoms with Gasteiger partial charge < -0.3 is 19.8 Å². The number of nitrogens with one attached hydrogen (secondary N) is 2. The zero-order valence-electron chi connectivity index (χ0n) is 11.6. The molecule has 2 heterocycles. The molecule has 4 heteroatoms. The Morgan fingerprint density at radius 3 is 2.80 bits per heavy atom. The summed E-state index contributed by atoms with van der Waals surface area (Å²) in [7, 11) is 0. The van der Waals surface area contributed by atoms with Crippen LogP contribution in [-0.2, 0) is 6.42 Å². The van der Waals surface area contributed by atoms with E-state index in [4.69, 9.17) is 9.47 Å². The predicted molar refractivity (Wildman–Crippen MR) is 78.4 cm³/mol. The molecule has 1 fully saturated rings. The van der Waals surface area contributed by atoms with Crippen molar-refractivity contribution < 1.29 is 9.47 Å². The molecule has 1 aliphatic carbocycles. The number of aromatic amines is 1. The highest BCUT2D eigenvalue weighted by atomic mass is 16.7. The maximum absolute atomic E-state index is 5.46. The number of rotatable bonds is 4. The highest BCUT2D eigenvalue weighted by molar-refractivity contribution is 5.86. The second-order valence-electron chi connectivity index (χ2n) is 5.75. The first-order valence-electron chi connectivity index (χ1n) is 7.53. The topological polar surface area (TPSA) is 46.3 Å². The first-order valence-corrected chi connectivity index (χ1v) is 7.53. The van der Waals surface area contributed by atoms with Crippen LogP contribution in [0, 0.1) is 0 Å². The van der Waals surface area contributed by atoms with E-state index >= 15 is 0 Å². The Bertz CT molecular complexity index is 614. The number of benzene rings is 1. The lowest BCUT2D eigenvalue weighted by Gasteiger charge is -2.11. The third kappa shape index (κ3) is 2.14. The van der Waals surface area contributed by atoms with E-state index < -0.39 is 0 Å². The number of H-pyrrole nitrogens is 1. The molecule has 106 valence electrons. The average Bonchev–Trinajstić information content (AvgIpc) is 3.17. The maximum atomic E-state index is 5.46. The fraction of sp³-hybridized carbons (Fsp3) is 0.500. The zero-order valence-corrected chi connectivity index (χ0v) is 11.6. The molecule has 0 unspecified atom stereocenters. The minimum atomic E-state index is 0.334. The summed E-state index contributed by atoms with van der Waals surface area (Å²) in [4.78, 5) is 3.33. The Morgan fingerprint density at radius 1 is 1.15 bits per heavy atom. The fourth-order valence-corrected chi connectivity index (χ4v) is 3.32. The number of hydrogen-bond donors (Lipinski definition) is 2. The molecular formula is C16H20N2O2. The lowest BCUT2D eigenvalue weighted by atomic mass is 10.1. The van der Waals surface area contributed by atoms with Gasteiger partial charge in [-0.3, -0.25) is 0 Å². The van der Waals surface area contributed by atoms with Crippen LogP contribution in [-0.4, -0.2) is 24.4 Å². The predicted octanol–water partition coefficient (Wildman–Crippen LogP) is 2.97. The molecule has 2 N–H and O–H groups in total. The molecule has 0 bridgehead atoms. The molecule has 20 heavy (non-hydrogen) atoms. The Hall–Kier alpha value is -1.68. The van der Waals surface area contributed by atoms with Crippen molar-refractivity contribution in [3.63, 3.8) is 0 Å². The molecular weight excluding hydrogens is 252 g/mol. The van der Waals surface area contributed by atoms with E-state index in [0.717, 1.165) is 36.0 Å². The van der Waals surface area contributed by atoms with Gasteiger partial charge in [-0.15, -0.1) is 0 Å². The first-order chi connectivity index (χ1) is 9.90. The van der Waals surface area contributed by atoms with E-state index in [9.17, 15) is 0 Å². The van der Waals surface area contributed by atoms with E-state index in [-0.39, 0.29) is 0 Å². The van der Waals surface area contributed by atoms with E-state index in [1.165, 1.54) is 36.6 Å². The smallest absolute Gasteiger partial charge is 0.231 e. The summed E-state index contributed by atoms with van der Waals surface area (Å²) in [6.07, 6.45) is 8.61. The highest BCUT2D eigenvalue weighted by Crippen LogP contribution is 2.36. The summed E-state index contributed by atoms with van der Waals surface area (Å²) in [5.41, 5.74) is 2.48. The molecule has 0 amide bonds. The Balaban J connectivity index is 1.48. The fourth-order valence-electron chi connectivity index (χ4n) is 3.32. The lowest BCUT2D eigenvalue weighted by Crippen LogP contribution is -2.27. The number of aromatic nitrogens is 1. The molecule has 0 saturated heterocycles. The van der Waals surface area contributed by atoms with Gasteiger partial charge in [0.1, 0.15) is 0 Å². The second kappa shape index (κ2) is 5.02. The van der Waals surface area contributed by atoms with Crippen molar-refractivity contribution in [2.75, 3.05) is 13.3 Å². The molecule has 0 atom stereocenters. The van der Waals surface area contributed by atoms with E-state index in [1.54, 1.807) is 0 Å². The molecule has 0 radical (unpaired) electrons. The van der Waals surface area contributed by atoms with Crippen molar-refractivity contribution in [3.8, 4) is 11.5 Å². The molecule has 2 aromatic rings. The molecule has 2 aliphatic rings. The first kappa shape index (κ1) is 12.1. The molecule has 1 aliphatic heterocycles. The summed E-state index contributed by atoms with van der Waals surface area (Å²) in [6.45, 7) is 1.38. The summed E-state index contributed by atoms with van der Waals surface area (Å²) in [5.74, 6) is 1.71. The number of ether oxygens (including phenoxy) is 2. The highest BCUT2D eigenvalue weighted by Gasteiger charge is 2.17. The second-order valence-corrected chi connectivity index (χ2v) is 5.75. The van der Waals surface area contributed by atoms with Crippen molar-refractivity contribution >= 4 is 10.9 Å². The van der Waals surface area contributed by atoms with Crippen LogP contribution in [0.2, 0.25) is 0 Å². The number of hydrogen-bond acceptors (Lipinski definition) is 3. The van der Waals surface area contributed by atoms with E-state index in [2.05, 4.69) is 22.6 Å². The van der Waals surface area contributed by atoms with Crippen molar-refractivity contribution in [2.24, 2.45) is 0 Å². The quantitative estimate of drug-likeness (QED) is 0.899. The van der Waals surface area contributed by atoms with Crippen LogP contribution in [0.3, 0.4) is 0 Å². The van der Waals surface area contributed by atoms with Crippen molar-refractivity contribution in [1.29, 1.82) is 0 Å². The average molecular weight is 272 g/mol. The molecule has 0 spiro atoms. The maximum Gasteiger partial charge on any atom is 0.231 e. The van der Waals surface area contributed by atoms with Gasteiger partial charge in [-0.05, 0) is 37.4 Å². The van der Waals surface area contributed by atoms with Gasteiger partial charge >= 0.3 is 0 Å². The van der Waals surface area contributed by atoms with Gasteiger partial charge in [-0.2, -0.15) is 0 Å². The SMILES string of the molecule is c1[nH]c2cc3c(cc2c1CCNC1CCCC1)OCO3. The van der Waals surface area contributed by atoms with Crippen LogP contribution < -0.4 is 14.8 Å². The van der Waals surface area contributed by atoms with Crippen LogP contribution in [0.15, 0.2) is 18.3 Å². The van der Waals surface area contributed by atoms with Gasteiger partial charge in [0.15, 0.2) is 11.5 Å². The summed E-state index contributed by atoms with van der Waals surface area (Å²) in [6, 6.07) is 4.87. The van der Waals surface area contributed by atoms with Gasteiger partial charge in [-0.1, -0.05) is 12.8 Å². The van der Waals surface area contributed by atoms with Crippen molar-refractivity contribution in [3.05, 3.63) is 23.9 Å². The molecule has 1 aromatic heterocycles. The van der Waals surface area contributed by atoms with Gasteiger partial charge in [0.05, 0.1) is 0 Å². The molecule has 4 nitrogen and oxygen atoms in total. The van der Waals surface area contributed by atoms with Crippen LogP contribution >= 0.6 is 0 Å². The van der Waals surface area contributed by atoms with Gasteiger partial charge in [0.25, 0.3) is 0 Å². The van der Waals surface area contributed by atoms with Crippen LogP contribution in [0.4, 0.5) is 0 Å². The third-order valence-corrected chi connectivity index (χ3v) is 4.44. The van der Waals surface area contributed by atoms with E-state index in [1.807, 2.05) is 6.07 Å². The Morgan fingerprint density at radius 2 is 1.95 bits per heavy atom. The molecule has 4 rings (SSSR count). The largest absolute Gasteiger partial charge is 0.454 e. The molecule has 1 saturated carbocycles. The summed E-state index contributed by atoms with van der Waals surface area (Å²) < 4.78 is 10.9. The zero-order chi connectivity index (χ0) is 13.4. The van der Waals surface area contributed by atoms with Crippen molar-refractivity contribution in [2.45, 2.75) is 38.1 Å². The third-order valence-electron chi connectivity index (χ3n) is 4.44. The van der Waals surface area contributed by atoms with Crippen LogP contribution in [0.5, 0.6) is 11.5 Å². The lowest BCUT2D eigenvalue weighted by molar-refractivity contribution is 0.174. The van der Waals surface area contributed by atoms with Crippen molar-refractivity contribution in [1.82, 2.24) is 10.3 Å². The molecule has 1 aromatic carbocycles. The van der Waals surface area contributed by atoms with Gasteiger partial charge in [0, 0.05) is 29.2 Å². The summed E-state index contributed by atoms with van der Waals surface area (Å²) >= 11 is 0. The Labute approximate surface area is 118 Å². The van der Waals surface area contributed by atoms with Gasteiger partial charge in [-0.25, -0.2) is 0 Å². The number of fused-ring (bicyclic) bond motifs is 2. The van der Waals surface area contributed by atoms with Crippen LogP contribution in [0.1, 0.15) is 31.2 Å². The van der Waals surface area contributed by atoms with Gasteiger partial charge in [0.2, 0.25) is 6.79 Å². The summed E-state index contributed by atoms with van der Waals surface area (Å²) in [5, 5.41) is 4.92. The van der Waals surface area contributed by atoms with E-state index in [0.29, 0.717) is 6.79 Å².